The van der Waals surface area contributed by atoms with Gasteiger partial charge in [0.2, 0.25) is 11.8 Å². The Hall–Kier alpha value is -2.32. The minimum absolute atomic E-state index is 0.00664. The van der Waals surface area contributed by atoms with E-state index in [1.807, 2.05) is 0 Å². The molecule has 8 nitrogen and oxygen atoms in total. The Kier molecular flexibility index (Phi) is 5.51. The molecular weight excluding hydrogens is 302 g/mol. The number of amides is 2. The molecule has 0 fully saturated rings. The van der Waals surface area contributed by atoms with Gasteiger partial charge in [0.1, 0.15) is 11.3 Å². The summed E-state index contributed by atoms with van der Waals surface area (Å²) in [6.07, 6.45) is -0.326. The van der Waals surface area contributed by atoms with Crippen LogP contribution in [0.2, 0.25) is 5.02 Å². The topological polar surface area (TPSA) is 145 Å². The predicted octanol–water partition coefficient (Wildman–Crippen LogP) is 0.188. The molecular formula is C12H14ClN3O5. The van der Waals surface area contributed by atoms with Crippen LogP contribution in [0.25, 0.3) is 0 Å². The molecule has 0 saturated carbocycles. The number of anilines is 1. The summed E-state index contributed by atoms with van der Waals surface area (Å²) in [4.78, 5) is 33.5. The zero-order chi connectivity index (χ0) is 16.2. The summed E-state index contributed by atoms with van der Waals surface area (Å²) >= 11 is 5.89. The number of nitrogens with two attached hydrogens (primary N) is 2. The van der Waals surface area contributed by atoms with Crippen molar-refractivity contribution >= 4 is 35.1 Å². The quantitative estimate of drug-likeness (QED) is 0.589. The van der Waals surface area contributed by atoms with E-state index in [2.05, 4.69) is 5.32 Å². The molecule has 9 heteroatoms. The van der Waals surface area contributed by atoms with E-state index in [0.29, 0.717) is 0 Å². The van der Waals surface area contributed by atoms with E-state index >= 15 is 0 Å². The largest absolute Gasteiger partial charge is 0.496 e. The smallest absolute Gasteiger partial charge is 0.339 e. The summed E-state index contributed by atoms with van der Waals surface area (Å²) in [6.45, 7) is 0. The minimum Gasteiger partial charge on any atom is -0.496 e. The number of nitrogens with one attached hydrogen (secondary N) is 1. The van der Waals surface area contributed by atoms with E-state index in [1.165, 1.54) is 13.2 Å². The van der Waals surface area contributed by atoms with Crippen LogP contribution < -0.4 is 21.5 Å². The number of carbonyl (C=O) groups is 3. The van der Waals surface area contributed by atoms with Gasteiger partial charge in [0, 0.05) is 6.07 Å². The molecule has 1 unspecified atom stereocenters. The molecule has 6 N–H and O–H groups in total. The van der Waals surface area contributed by atoms with Crippen LogP contribution >= 0.6 is 11.6 Å². The lowest BCUT2D eigenvalue weighted by atomic mass is 10.1. The fourth-order valence-corrected chi connectivity index (χ4v) is 1.73. The number of ether oxygens (including phenoxy) is 1. The maximum Gasteiger partial charge on any atom is 0.339 e. The number of carbonyl (C=O) groups excluding carboxylic acids is 2. The molecule has 0 heterocycles. The molecule has 1 rings (SSSR count). The van der Waals surface area contributed by atoms with Crippen LogP contribution in [-0.2, 0) is 9.59 Å². The van der Waals surface area contributed by atoms with Gasteiger partial charge in [0.25, 0.3) is 0 Å². The molecule has 0 bridgehead atoms. The lowest BCUT2D eigenvalue weighted by molar-refractivity contribution is -0.123. The first kappa shape index (κ1) is 16.7. The van der Waals surface area contributed by atoms with Crippen LogP contribution in [0.4, 0.5) is 5.69 Å². The molecule has 0 spiro atoms. The molecule has 2 amide bonds. The van der Waals surface area contributed by atoms with Gasteiger partial charge in [0.05, 0.1) is 30.3 Å². The molecule has 0 aliphatic heterocycles. The van der Waals surface area contributed by atoms with Gasteiger partial charge >= 0.3 is 5.97 Å². The van der Waals surface area contributed by atoms with E-state index in [9.17, 15) is 14.4 Å². The molecule has 0 aliphatic carbocycles. The fourth-order valence-electron chi connectivity index (χ4n) is 1.52. The van der Waals surface area contributed by atoms with Crippen molar-refractivity contribution in [2.24, 2.45) is 11.5 Å². The van der Waals surface area contributed by atoms with Gasteiger partial charge in [-0.05, 0) is 6.07 Å². The molecule has 0 saturated heterocycles. The Labute approximate surface area is 125 Å². The van der Waals surface area contributed by atoms with Crippen LogP contribution in [0.15, 0.2) is 12.1 Å². The first-order valence-electron chi connectivity index (χ1n) is 5.71. The van der Waals surface area contributed by atoms with E-state index in [0.717, 1.165) is 6.07 Å². The highest BCUT2D eigenvalue weighted by Gasteiger charge is 2.20. The van der Waals surface area contributed by atoms with Crippen molar-refractivity contribution in [1.29, 1.82) is 0 Å². The average molecular weight is 316 g/mol. The standard InChI is InChI=1S/C12H14ClN3O5/c1-21-9-4-8(6(13)2-5(9)12(19)20)16-11(18)7(14)3-10(15)17/h2,4,7H,3,14H2,1H3,(H2,15,17)(H,16,18)(H,19,20). The number of halogens is 1. The maximum atomic E-state index is 11.8. The van der Waals surface area contributed by atoms with Gasteiger partial charge in [-0.25, -0.2) is 4.79 Å². The first-order chi connectivity index (χ1) is 9.76. The number of methoxy groups -OCH3 is 1. The molecule has 0 radical (unpaired) electrons. The van der Waals surface area contributed by atoms with Crippen LogP contribution in [-0.4, -0.2) is 36.0 Å². The Bertz CT molecular complexity index is 591. The third-order valence-corrected chi connectivity index (χ3v) is 2.85. The van der Waals surface area contributed by atoms with Crippen molar-refractivity contribution in [2.45, 2.75) is 12.5 Å². The number of carboxylic acid groups (broad SMARTS) is 1. The fraction of sp³-hybridized carbons (Fsp3) is 0.250. The second-order valence-corrected chi connectivity index (χ2v) is 4.51. The van der Waals surface area contributed by atoms with Crippen LogP contribution in [0, 0.1) is 0 Å². The zero-order valence-corrected chi connectivity index (χ0v) is 11.8. The Balaban J connectivity index is 3.01. The van der Waals surface area contributed by atoms with Crippen molar-refractivity contribution in [3.63, 3.8) is 0 Å². The monoisotopic (exact) mass is 315 g/mol. The van der Waals surface area contributed by atoms with Crippen LogP contribution in [0.1, 0.15) is 16.8 Å². The molecule has 1 atom stereocenters. The second kappa shape index (κ2) is 6.91. The SMILES string of the molecule is COc1cc(NC(=O)C(N)CC(N)=O)c(Cl)cc1C(=O)O. The molecule has 114 valence electrons. The van der Waals surface area contributed by atoms with Crippen LogP contribution in [0.5, 0.6) is 5.75 Å². The van der Waals surface area contributed by atoms with E-state index in [-0.39, 0.29) is 28.4 Å². The van der Waals surface area contributed by atoms with E-state index in [4.69, 9.17) is 32.9 Å². The highest BCUT2D eigenvalue weighted by molar-refractivity contribution is 6.34. The van der Waals surface area contributed by atoms with Gasteiger partial charge < -0.3 is 26.6 Å². The van der Waals surface area contributed by atoms with Gasteiger partial charge in [-0.3, -0.25) is 9.59 Å². The van der Waals surface area contributed by atoms with Crippen molar-refractivity contribution < 1.29 is 24.2 Å². The number of aromatic carboxylic acids is 1. The number of benzene rings is 1. The highest BCUT2D eigenvalue weighted by Crippen LogP contribution is 2.31. The number of hydrogen-bond acceptors (Lipinski definition) is 5. The first-order valence-corrected chi connectivity index (χ1v) is 6.09. The van der Waals surface area contributed by atoms with E-state index < -0.39 is 23.8 Å². The molecule has 1 aromatic carbocycles. The molecule has 0 aromatic heterocycles. The summed E-state index contributed by atoms with van der Waals surface area (Å²) < 4.78 is 4.91. The van der Waals surface area contributed by atoms with Crippen molar-refractivity contribution in [3.05, 3.63) is 22.7 Å². The van der Waals surface area contributed by atoms with Crippen molar-refractivity contribution in [2.75, 3.05) is 12.4 Å². The van der Waals surface area contributed by atoms with E-state index in [1.54, 1.807) is 0 Å². The normalized spacial score (nSPS) is 11.6. The summed E-state index contributed by atoms with van der Waals surface area (Å²) in [5.41, 5.74) is 10.4. The predicted molar refractivity (Wildman–Crippen MR) is 75.4 cm³/mol. The third kappa shape index (κ3) is 4.33. The lowest BCUT2D eigenvalue weighted by Crippen LogP contribution is -2.39. The molecule has 21 heavy (non-hydrogen) atoms. The van der Waals surface area contributed by atoms with Crippen molar-refractivity contribution in [3.8, 4) is 5.75 Å². The zero-order valence-electron chi connectivity index (χ0n) is 11.1. The highest BCUT2D eigenvalue weighted by atomic mass is 35.5. The number of hydrogen-bond donors (Lipinski definition) is 4. The number of rotatable bonds is 6. The average Bonchev–Trinajstić information content (AvgIpc) is 2.39. The second-order valence-electron chi connectivity index (χ2n) is 4.10. The van der Waals surface area contributed by atoms with Gasteiger partial charge in [-0.1, -0.05) is 11.6 Å². The lowest BCUT2D eigenvalue weighted by Gasteiger charge is -2.14. The number of carboxylic acids is 1. The van der Waals surface area contributed by atoms with Crippen LogP contribution in [0.3, 0.4) is 0 Å². The maximum absolute atomic E-state index is 11.8. The van der Waals surface area contributed by atoms with Gasteiger partial charge in [-0.15, -0.1) is 0 Å². The minimum atomic E-state index is -1.22. The number of primary amides is 1. The summed E-state index contributed by atoms with van der Waals surface area (Å²) in [6, 6.07) is 1.25. The molecule has 1 aromatic rings. The third-order valence-electron chi connectivity index (χ3n) is 2.54. The van der Waals surface area contributed by atoms with Gasteiger partial charge in [0.15, 0.2) is 0 Å². The Morgan fingerprint density at radius 3 is 2.52 bits per heavy atom. The molecule has 0 aliphatic rings. The van der Waals surface area contributed by atoms with Gasteiger partial charge in [-0.2, -0.15) is 0 Å². The summed E-state index contributed by atoms with van der Waals surface area (Å²) in [5, 5.41) is 11.4. The Morgan fingerprint density at radius 2 is 2.05 bits per heavy atom. The Morgan fingerprint density at radius 1 is 1.43 bits per heavy atom. The van der Waals surface area contributed by atoms with Crippen molar-refractivity contribution in [1.82, 2.24) is 0 Å². The summed E-state index contributed by atoms with van der Waals surface area (Å²) in [7, 11) is 1.28. The summed E-state index contributed by atoms with van der Waals surface area (Å²) in [5.74, 6) is -2.61.